The molecule has 0 unspecified atom stereocenters. The van der Waals surface area contributed by atoms with Crippen LogP contribution in [-0.4, -0.2) is 7.11 Å². The molecular weight excluding hydrogens is 245 g/mol. The van der Waals surface area contributed by atoms with Gasteiger partial charge < -0.3 is 15.8 Å². The van der Waals surface area contributed by atoms with Gasteiger partial charge in [0, 0.05) is 11.8 Å². The molecule has 2 aromatic carbocycles. The Kier molecular flexibility index (Phi) is 3.53. The summed E-state index contributed by atoms with van der Waals surface area (Å²) in [4.78, 5) is 0. The van der Waals surface area contributed by atoms with Crippen molar-refractivity contribution in [2.24, 2.45) is 0 Å². The summed E-state index contributed by atoms with van der Waals surface area (Å²) in [5.41, 5.74) is 7.87. The van der Waals surface area contributed by atoms with E-state index in [9.17, 15) is 4.39 Å². The number of nitriles is 1. The normalized spacial score (nSPS) is 9.74. The molecule has 0 fully saturated rings. The predicted molar refractivity (Wildman–Crippen MR) is 71.8 cm³/mol. The molecule has 3 N–H and O–H groups in total. The number of halogens is 1. The van der Waals surface area contributed by atoms with Crippen molar-refractivity contribution in [1.29, 1.82) is 5.26 Å². The molecule has 0 atom stereocenters. The summed E-state index contributed by atoms with van der Waals surface area (Å²) in [6.45, 7) is 0. The van der Waals surface area contributed by atoms with E-state index in [0.717, 1.165) is 0 Å². The monoisotopic (exact) mass is 257 g/mol. The number of hydrogen-bond acceptors (Lipinski definition) is 4. The topological polar surface area (TPSA) is 71.1 Å². The first-order valence-electron chi connectivity index (χ1n) is 5.54. The third-order valence-electron chi connectivity index (χ3n) is 2.61. The van der Waals surface area contributed by atoms with Crippen molar-refractivity contribution in [3.63, 3.8) is 0 Å². The highest BCUT2D eigenvalue weighted by Gasteiger charge is 2.05. The van der Waals surface area contributed by atoms with Crippen LogP contribution in [0.2, 0.25) is 0 Å². The van der Waals surface area contributed by atoms with Crippen LogP contribution in [0.4, 0.5) is 21.5 Å². The fraction of sp³-hybridized carbons (Fsp3) is 0.0714. The van der Waals surface area contributed by atoms with Crippen LogP contribution in [0.25, 0.3) is 0 Å². The Labute approximate surface area is 110 Å². The van der Waals surface area contributed by atoms with Crippen LogP contribution in [0, 0.1) is 17.1 Å². The van der Waals surface area contributed by atoms with E-state index in [0.29, 0.717) is 22.6 Å². The number of rotatable bonds is 3. The van der Waals surface area contributed by atoms with E-state index in [1.54, 1.807) is 24.3 Å². The van der Waals surface area contributed by atoms with Crippen LogP contribution < -0.4 is 15.8 Å². The van der Waals surface area contributed by atoms with E-state index in [4.69, 9.17) is 15.7 Å². The lowest BCUT2D eigenvalue weighted by Gasteiger charge is -2.10. The maximum Gasteiger partial charge on any atom is 0.167 e. The number of nitrogen functional groups attached to an aromatic ring is 1. The van der Waals surface area contributed by atoms with Crippen LogP contribution in [0.5, 0.6) is 5.75 Å². The number of ether oxygens (including phenoxy) is 1. The number of anilines is 3. The predicted octanol–water partition coefficient (Wildman–Crippen LogP) is 3.03. The summed E-state index contributed by atoms with van der Waals surface area (Å²) in [6, 6.07) is 11.4. The Balaban J connectivity index is 2.26. The fourth-order valence-electron chi connectivity index (χ4n) is 1.65. The Morgan fingerprint density at radius 2 is 2.05 bits per heavy atom. The minimum absolute atomic E-state index is 0.179. The van der Waals surface area contributed by atoms with Crippen LogP contribution in [0.3, 0.4) is 0 Å². The van der Waals surface area contributed by atoms with Gasteiger partial charge in [-0.15, -0.1) is 0 Å². The largest absolute Gasteiger partial charge is 0.494 e. The van der Waals surface area contributed by atoms with Gasteiger partial charge in [-0.3, -0.25) is 0 Å². The molecule has 0 saturated heterocycles. The van der Waals surface area contributed by atoms with Gasteiger partial charge in [-0.25, -0.2) is 4.39 Å². The van der Waals surface area contributed by atoms with Crippen molar-refractivity contribution in [2.75, 3.05) is 18.2 Å². The molecule has 0 saturated carbocycles. The first-order chi connectivity index (χ1) is 9.13. The number of nitrogens with zero attached hydrogens (tertiary/aromatic N) is 1. The van der Waals surface area contributed by atoms with Crippen LogP contribution in [0.1, 0.15) is 5.56 Å². The molecule has 0 aliphatic rings. The molecular formula is C14H12FN3O. The van der Waals surface area contributed by atoms with Gasteiger partial charge in [0.25, 0.3) is 0 Å². The van der Waals surface area contributed by atoms with Crippen molar-refractivity contribution >= 4 is 17.1 Å². The molecule has 0 aliphatic carbocycles. The second-order valence-corrected chi connectivity index (χ2v) is 3.89. The van der Waals surface area contributed by atoms with Gasteiger partial charge in [0.05, 0.1) is 30.1 Å². The van der Waals surface area contributed by atoms with Gasteiger partial charge in [-0.2, -0.15) is 5.26 Å². The molecule has 0 aromatic heterocycles. The molecule has 0 radical (unpaired) electrons. The smallest absolute Gasteiger partial charge is 0.167 e. The third-order valence-corrected chi connectivity index (χ3v) is 2.61. The van der Waals surface area contributed by atoms with E-state index in [1.165, 1.54) is 19.2 Å². The molecule has 5 heteroatoms. The maximum absolute atomic E-state index is 13.5. The van der Waals surface area contributed by atoms with Gasteiger partial charge in [0.1, 0.15) is 0 Å². The Bertz CT molecular complexity index is 650. The van der Waals surface area contributed by atoms with Crippen molar-refractivity contribution in [1.82, 2.24) is 0 Å². The van der Waals surface area contributed by atoms with Gasteiger partial charge in [-0.1, -0.05) is 0 Å². The van der Waals surface area contributed by atoms with Gasteiger partial charge >= 0.3 is 0 Å². The van der Waals surface area contributed by atoms with E-state index in [-0.39, 0.29) is 5.75 Å². The first-order valence-corrected chi connectivity index (χ1v) is 5.54. The zero-order valence-electron chi connectivity index (χ0n) is 10.3. The molecule has 0 heterocycles. The summed E-state index contributed by atoms with van der Waals surface area (Å²) in [5, 5.41) is 11.7. The summed E-state index contributed by atoms with van der Waals surface area (Å²) in [7, 11) is 1.41. The lowest BCUT2D eigenvalue weighted by molar-refractivity contribution is 0.386. The number of hydrogen-bond donors (Lipinski definition) is 2. The van der Waals surface area contributed by atoms with Crippen molar-refractivity contribution in [2.45, 2.75) is 0 Å². The molecule has 0 aliphatic heterocycles. The first kappa shape index (κ1) is 12.7. The van der Waals surface area contributed by atoms with E-state index < -0.39 is 5.82 Å². The lowest BCUT2D eigenvalue weighted by atomic mass is 10.2. The van der Waals surface area contributed by atoms with Gasteiger partial charge in [-0.05, 0) is 30.3 Å². The number of methoxy groups -OCH3 is 1. The molecule has 0 spiro atoms. The summed E-state index contributed by atoms with van der Waals surface area (Å²) >= 11 is 0. The lowest BCUT2D eigenvalue weighted by Crippen LogP contribution is -1.98. The Morgan fingerprint density at radius 1 is 1.26 bits per heavy atom. The van der Waals surface area contributed by atoms with E-state index in [1.807, 2.05) is 6.07 Å². The van der Waals surface area contributed by atoms with Crippen LogP contribution in [-0.2, 0) is 0 Å². The highest BCUT2D eigenvalue weighted by molar-refractivity contribution is 5.74. The quantitative estimate of drug-likeness (QED) is 0.829. The Hall–Kier alpha value is -2.74. The zero-order valence-corrected chi connectivity index (χ0v) is 10.3. The highest BCUT2D eigenvalue weighted by Crippen LogP contribution is 2.27. The number of nitrogens with one attached hydrogen (secondary N) is 1. The molecule has 19 heavy (non-hydrogen) atoms. The third kappa shape index (κ3) is 2.75. The van der Waals surface area contributed by atoms with Crippen molar-refractivity contribution < 1.29 is 9.13 Å². The Morgan fingerprint density at radius 3 is 2.63 bits per heavy atom. The van der Waals surface area contributed by atoms with Crippen LogP contribution in [0.15, 0.2) is 36.4 Å². The second kappa shape index (κ2) is 5.27. The number of nitrogens with two attached hydrogens (primary N) is 1. The molecule has 4 nitrogen and oxygen atoms in total. The highest BCUT2D eigenvalue weighted by atomic mass is 19.1. The standard InChI is InChI=1S/C14H12FN3O/c1-19-14-5-3-10(7-11(14)15)18-13-4-2-9(8-16)6-12(13)17/h2-7,18H,17H2,1H3. The minimum Gasteiger partial charge on any atom is -0.494 e. The number of benzene rings is 2. The SMILES string of the molecule is COc1ccc(Nc2ccc(C#N)cc2N)cc1F. The van der Waals surface area contributed by atoms with Crippen LogP contribution >= 0.6 is 0 Å². The second-order valence-electron chi connectivity index (χ2n) is 3.89. The maximum atomic E-state index is 13.5. The average Bonchev–Trinajstić information content (AvgIpc) is 2.41. The summed E-state index contributed by atoms with van der Waals surface area (Å²) in [6.07, 6.45) is 0. The van der Waals surface area contributed by atoms with E-state index >= 15 is 0 Å². The minimum atomic E-state index is -0.459. The van der Waals surface area contributed by atoms with Crippen molar-refractivity contribution in [3.05, 3.63) is 47.8 Å². The molecule has 0 amide bonds. The van der Waals surface area contributed by atoms with Gasteiger partial charge in [0.2, 0.25) is 0 Å². The van der Waals surface area contributed by atoms with Gasteiger partial charge in [0.15, 0.2) is 11.6 Å². The molecule has 2 aromatic rings. The molecule has 96 valence electrons. The fourth-order valence-corrected chi connectivity index (χ4v) is 1.65. The zero-order chi connectivity index (χ0) is 13.8. The average molecular weight is 257 g/mol. The summed E-state index contributed by atoms with van der Waals surface area (Å²) < 4.78 is 18.4. The van der Waals surface area contributed by atoms with Crippen molar-refractivity contribution in [3.8, 4) is 11.8 Å². The molecule has 0 bridgehead atoms. The summed E-state index contributed by atoms with van der Waals surface area (Å²) in [5.74, 6) is -0.280. The van der Waals surface area contributed by atoms with E-state index in [2.05, 4.69) is 5.32 Å². The molecule has 2 rings (SSSR count).